The van der Waals surface area contributed by atoms with Crippen molar-refractivity contribution in [2.45, 2.75) is 9.92 Å². The molecule has 0 N–H and O–H groups in total. The first-order chi connectivity index (χ1) is 7.65. The maximum Gasteiger partial charge on any atom is 0.213 e. The van der Waals surface area contributed by atoms with E-state index in [0.29, 0.717) is 9.92 Å². The van der Waals surface area contributed by atoms with E-state index in [1.807, 2.05) is 0 Å². The number of rotatable bonds is 2. The lowest BCUT2D eigenvalue weighted by atomic mass is 10.3. The molecule has 0 unspecified atom stereocenters. The van der Waals surface area contributed by atoms with Crippen LogP contribution in [0.2, 0.25) is 0 Å². The van der Waals surface area contributed by atoms with Crippen LogP contribution >= 0.6 is 11.8 Å². The molecule has 1 aromatic carbocycles. The second-order valence-electron chi connectivity index (χ2n) is 2.98. The summed E-state index contributed by atoms with van der Waals surface area (Å²) in [4.78, 5) is 4.07. The second kappa shape index (κ2) is 4.57. The lowest BCUT2D eigenvalue weighted by molar-refractivity contribution is 0.506. The zero-order valence-corrected chi connectivity index (χ0v) is 8.77. The number of aromatic nitrogens is 1. The summed E-state index contributed by atoms with van der Waals surface area (Å²) in [6, 6.07) is 7.80. The summed E-state index contributed by atoms with van der Waals surface area (Å²) in [6.07, 6.45) is 0. The van der Waals surface area contributed by atoms with Crippen LogP contribution in [0.1, 0.15) is 0 Å². The summed E-state index contributed by atoms with van der Waals surface area (Å²) in [5.41, 5.74) is 0. The Labute approximate surface area is 94.3 Å². The topological polar surface area (TPSA) is 12.9 Å². The number of pyridine rings is 1. The Morgan fingerprint density at radius 3 is 2.44 bits per heavy atom. The van der Waals surface area contributed by atoms with Crippen molar-refractivity contribution in [3.63, 3.8) is 0 Å². The van der Waals surface area contributed by atoms with Crippen molar-refractivity contribution in [3.8, 4) is 0 Å². The van der Waals surface area contributed by atoms with Crippen LogP contribution in [0.15, 0.2) is 46.3 Å². The molecule has 0 amide bonds. The SMILES string of the molecule is Fc1cccc(Sc2ccc(F)c(F)c2)n1. The highest BCUT2D eigenvalue weighted by molar-refractivity contribution is 7.99. The van der Waals surface area contributed by atoms with Crippen LogP contribution in [-0.4, -0.2) is 4.98 Å². The van der Waals surface area contributed by atoms with Gasteiger partial charge in [-0.15, -0.1) is 0 Å². The van der Waals surface area contributed by atoms with Crippen LogP contribution < -0.4 is 0 Å². The average molecular weight is 241 g/mol. The van der Waals surface area contributed by atoms with Gasteiger partial charge in [-0.05, 0) is 30.3 Å². The van der Waals surface area contributed by atoms with E-state index >= 15 is 0 Å². The Hall–Kier alpha value is -1.49. The van der Waals surface area contributed by atoms with Gasteiger partial charge in [-0.3, -0.25) is 0 Å². The third-order valence-electron chi connectivity index (χ3n) is 1.80. The van der Waals surface area contributed by atoms with Crippen molar-refractivity contribution in [2.24, 2.45) is 0 Å². The van der Waals surface area contributed by atoms with E-state index in [4.69, 9.17) is 0 Å². The molecule has 5 heteroatoms. The molecule has 1 nitrogen and oxygen atoms in total. The Kier molecular flexibility index (Phi) is 3.14. The maximum absolute atomic E-state index is 12.9. The summed E-state index contributed by atoms with van der Waals surface area (Å²) >= 11 is 1.07. The molecule has 82 valence electrons. The van der Waals surface area contributed by atoms with Crippen molar-refractivity contribution < 1.29 is 13.2 Å². The zero-order chi connectivity index (χ0) is 11.5. The molecule has 0 aliphatic carbocycles. The maximum atomic E-state index is 12.9. The molecule has 2 rings (SSSR count). The summed E-state index contributed by atoms with van der Waals surface area (Å²) in [7, 11) is 0. The molecule has 0 bridgehead atoms. The number of nitrogens with zero attached hydrogens (tertiary/aromatic N) is 1. The highest BCUT2D eigenvalue weighted by Gasteiger charge is 2.05. The lowest BCUT2D eigenvalue weighted by Crippen LogP contribution is -1.86. The normalized spacial score (nSPS) is 10.4. The Morgan fingerprint density at radius 1 is 0.938 bits per heavy atom. The third kappa shape index (κ3) is 2.55. The van der Waals surface area contributed by atoms with Gasteiger partial charge >= 0.3 is 0 Å². The number of hydrogen-bond donors (Lipinski definition) is 0. The van der Waals surface area contributed by atoms with E-state index in [9.17, 15) is 13.2 Å². The van der Waals surface area contributed by atoms with E-state index in [2.05, 4.69) is 4.98 Å². The first-order valence-corrected chi connectivity index (χ1v) is 5.22. The highest BCUT2D eigenvalue weighted by atomic mass is 32.2. The number of hydrogen-bond acceptors (Lipinski definition) is 2. The molecule has 0 radical (unpaired) electrons. The molecule has 0 aliphatic heterocycles. The molecular formula is C11H6F3NS. The monoisotopic (exact) mass is 241 g/mol. The molecule has 1 aromatic heterocycles. The molecule has 0 saturated heterocycles. The number of benzene rings is 1. The van der Waals surface area contributed by atoms with Gasteiger partial charge in [0.1, 0.15) is 5.03 Å². The van der Waals surface area contributed by atoms with Gasteiger partial charge in [-0.25, -0.2) is 13.8 Å². The molecule has 1 heterocycles. The van der Waals surface area contributed by atoms with E-state index in [1.165, 1.54) is 18.2 Å². The van der Waals surface area contributed by atoms with E-state index in [-0.39, 0.29) is 0 Å². The van der Waals surface area contributed by atoms with Gasteiger partial charge in [-0.1, -0.05) is 17.8 Å². The molecule has 2 aromatic rings. The molecular weight excluding hydrogens is 235 g/mol. The first kappa shape index (κ1) is 11.0. The predicted molar refractivity (Wildman–Crippen MR) is 54.7 cm³/mol. The van der Waals surface area contributed by atoms with E-state index in [0.717, 1.165) is 23.9 Å². The Morgan fingerprint density at radius 2 is 1.75 bits per heavy atom. The van der Waals surface area contributed by atoms with Crippen LogP contribution in [0.3, 0.4) is 0 Å². The summed E-state index contributed by atoms with van der Waals surface area (Å²) in [5.74, 6) is -2.44. The highest BCUT2D eigenvalue weighted by Crippen LogP contribution is 2.26. The summed E-state index contributed by atoms with van der Waals surface area (Å²) < 4.78 is 38.3. The van der Waals surface area contributed by atoms with Crippen molar-refractivity contribution >= 4 is 11.8 Å². The fourth-order valence-corrected chi connectivity index (χ4v) is 1.93. The summed E-state index contributed by atoms with van der Waals surface area (Å²) in [6.45, 7) is 0. The van der Waals surface area contributed by atoms with Gasteiger partial charge in [0.2, 0.25) is 5.95 Å². The molecule has 0 saturated carbocycles. The van der Waals surface area contributed by atoms with Crippen molar-refractivity contribution in [3.05, 3.63) is 54.0 Å². The van der Waals surface area contributed by atoms with Crippen molar-refractivity contribution in [1.82, 2.24) is 4.98 Å². The van der Waals surface area contributed by atoms with Crippen molar-refractivity contribution in [1.29, 1.82) is 0 Å². The minimum Gasteiger partial charge on any atom is -0.213 e. The van der Waals surface area contributed by atoms with Crippen LogP contribution in [0.5, 0.6) is 0 Å². The van der Waals surface area contributed by atoms with Crippen LogP contribution in [0, 0.1) is 17.6 Å². The first-order valence-electron chi connectivity index (χ1n) is 4.40. The van der Waals surface area contributed by atoms with E-state index in [1.54, 1.807) is 6.07 Å². The largest absolute Gasteiger partial charge is 0.213 e. The lowest BCUT2D eigenvalue weighted by Gasteiger charge is -2.01. The van der Waals surface area contributed by atoms with Gasteiger partial charge in [0.05, 0.1) is 0 Å². The predicted octanol–water partition coefficient (Wildman–Crippen LogP) is 3.65. The molecule has 0 aliphatic rings. The fourth-order valence-electron chi connectivity index (χ4n) is 1.11. The second-order valence-corrected chi connectivity index (χ2v) is 4.07. The summed E-state index contributed by atoms with van der Waals surface area (Å²) in [5, 5.41) is 0.394. The standard InChI is InChI=1S/C11H6F3NS/c12-8-5-4-7(6-9(8)13)16-11-3-1-2-10(14)15-11/h1-6H. The fraction of sp³-hybridized carbons (Fsp3) is 0. The molecule has 16 heavy (non-hydrogen) atoms. The number of halogens is 3. The van der Waals surface area contributed by atoms with Gasteiger partial charge in [-0.2, -0.15) is 4.39 Å². The van der Waals surface area contributed by atoms with Crippen LogP contribution in [0.4, 0.5) is 13.2 Å². The Bertz CT molecular complexity index is 516. The zero-order valence-electron chi connectivity index (χ0n) is 7.95. The minimum absolute atomic E-state index is 0.394. The molecule has 0 fully saturated rings. The van der Waals surface area contributed by atoms with Crippen LogP contribution in [-0.2, 0) is 0 Å². The van der Waals surface area contributed by atoms with Crippen molar-refractivity contribution in [2.75, 3.05) is 0 Å². The average Bonchev–Trinajstić information content (AvgIpc) is 2.24. The van der Waals surface area contributed by atoms with Crippen LogP contribution in [0.25, 0.3) is 0 Å². The molecule has 0 spiro atoms. The quantitative estimate of drug-likeness (QED) is 0.744. The molecule has 0 atom stereocenters. The minimum atomic E-state index is -0.929. The smallest absolute Gasteiger partial charge is 0.213 e. The van der Waals surface area contributed by atoms with Gasteiger partial charge in [0.15, 0.2) is 11.6 Å². The van der Waals surface area contributed by atoms with Gasteiger partial charge in [0.25, 0.3) is 0 Å². The Balaban J connectivity index is 2.24. The van der Waals surface area contributed by atoms with E-state index < -0.39 is 17.6 Å². The third-order valence-corrected chi connectivity index (χ3v) is 2.73. The van der Waals surface area contributed by atoms with Gasteiger partial charge < -0.3 is 0 Å². The van der Waals surface area contributed by atoms with Gasteiger partial charge in [0, 0.05) is 4.90 Å².